The van der Waals surface area contributed by atoms with Crippen LogP contribution < -0.4 is 4.74 Å². The third-order valence-electron chi connectivity index (χ3n) is 6.06. The molecule has 0 aliphatic rings. The van der Waals surface area contributed by atoms with Crippen LogP contribution in [0.5, 0.6) is 5.75 Å². The molecule has 4 aromatic rings. The van der Waals surface area contributed by atoms with Crippen molar-refractivity contribution in [2.75, 3.05) is 0 Å². The van der Waals surface area contributed by atoms with Gasteiger partial charge in [-0.2, -0.15) is 0 Å². The van der Waals surface area contributed by atoms with Crippen molar-refractivity contribution in [2.24, 2.45) is 0 Å². The van der Waals surface area contributed by atoms with E-state index in [4.69, 9.17) is 0 Å². The molecule has 0 spiro atoms. The van der Waals surface area contributed by atoms with Gasteiger partial charge in [-0.05, 0) is 72.0 Å². The predicted molar refractivity (Wildman–Crippen MR) is 131 cm³/mol. The molecular formula is C29H27F4NO. The van der Waals surface area contributed by atoms with Crippen molar-refractivity contribution in [3.05, 3.63) is 95.4 Å². The summed E-state index contributed by atoms with van der Waals surface area (Å²) in [5.74, 6) is -0.542. The first-order chi connectivity index (χ1) is 16.8. The maximum Gasteiger partial charge on any atom is 0.573 e. The van der Waals surface area contributed by atoms with E-state index < -0.39 is 6.36 Å². The van der Waals surface area contributed by atoms with Gasteiger partial charge in [0.25, 0.3) is 0 Å². The van der Waals surface area contributed by atoms with Crippen LogP contribution >= 0.6 is 0 Å². The quantitative estimate of drug-likeness (QED) is 0.177. The molecule has 6 heteroatoms. The molecule has 3 aromatic carbocycles. The monoisotopic (exact) mass is 481 g/mol. The lowest BCUT2D eigenvalue weighted by molar-refractivity contribution is -0.274. The molecule has 0 saturated heterocycles. The van der Waals surface area contributed by atoms with E-state index in [1.54, 1.807) is 24.3 Å². The van der Waals surface area contributed by atoms with Gasteiger partial charge in [0.05, 0.1) is 5.69 Å². The Bertz CT molecular complexity index is 1270. The molecule has 0 atom stereocenters. The van der Waals surface area contributed by atoms with Crippen LogP contribution in [0.1, 0.15) is 42.9 Å². The number of halogens is 4. The van der Waals surface area contributed by atoms with Crippen molar-refractivity contribution in [3.8, 4) is 17.0 Å². The van der Waals surface area contributed by atoms with E-state index >= 15 is 4.39 Å². The highest BCUT2D eigenvalue weighted by Gasteiger charge is 2.30. The van der Waals surface area contributed by atoms with Crippen molar-refractivity contribution in [1.82, 2.24) is 4.98 Å². The highest BCUT2D eigenvalue weighted by Crippen LogP contribution is 2.28. The summed E-state index contributed by atoms with van der Waals surface area (Å²) in [5.41, 5.74) is 4.38. The zero-order valence-corrected chi connectivity index (χ0v) is 19.5. The second kappa shape index (κ2) is 10.9. The van der Waals surface area contributed by atoms with Crippen LogP contribution in [-0.4, -0.2) is 11.3 Å². The van der Waals surface area contributed by atoms with Gasteiger partial charge in [-0.25, -0.2) is 4.39 Å². The number of hydrogen-bond donors (Lipinski definition) is 0. The van der Waals surface area contributed by atoms with Crippen LogP contribution in [0.15, 0.2) is 72.9 Å². The molecule has 1 heterocycles. The third kappa shape index (κ3) is 6.59. The zero-order chi connectivity index (χ0) is 24.8. The molecule has 0 bridgehead atoms. The molecule has 1 aromatic heterocycles. The lowest BCUT2D eigenvalue weighted by atomic mass is 9.98. The van der Waals surface area contributed by atoms with Crippen molar-refractivity contribution < 1.29 is 22.3 Å². The van der Waals surface area contributed by atoms with Crippen LogP contribution in [0.3, 0.4) is 0 Å². The minimum absolute atomic E-state index is 0.269. The van der Waals surface area contributed by atoms with E-state index in [0.29, 0.717) is 23.8 Å². The topological polar surface area (TPSA) is 22.1 Å². The average Bonchev–Trinajstić information content (AvgIpc) is 2.84. The van der Waals surface area contributed by atoms with E-state index in [1.165, 1.54) is 30.5 Å². The van der Waals surface area contributed by atoms with Crippen molar-refractivity contribution in [3.63, 3.8) is 0 Å². The number of rotatable bonds is 9. The Morgan fingerprint density at radius 2 is 1.57 bits per heavy atom. The summed E-state index contributed by atoms with van der Waals surface area (Å²) >= 11 is 0. The smallest absolute Gasteiger partial charge is 0.406 e. The molecule has 0 aliphatic heterocycles. The first-order valence-electron chi connectivity index (χ1n) is 11.8. The molecule has 0 saturated carbocycles. The number of pyridine rings is 1. The summed E-state index contributed by atoms with van der Waals surface area (Å²) in [6.07, 6.45) is 2.72. The fourth-order valence-corrected chi connectivity index (χ4v) is 4.15. The Balaban J connectivity index is 1.44. The summed E-state index contributed by atoms with van der Waals surface area (Å²) in [6.45, 7) is 2.19. The van der Waals surface area contributed by atoms with Gasteiger partial charge in [-0.3, -0.25) is 4.98 Å². The summed E-state index contributed by atoms with van der Waals surface area (Å²) in [7, 11) is 0. The first kappa shape index (κ1) is 24.7. The third-order valence-corrected chi connectivity index (χ3v) is 6.06. The molecule has 0 unspecified atom stereocenters. The molecule has 0 radical (unpaired) electrons. The maximum atomic E-state index is 15.2. The van der Waals surface area contributed by atoms with E-state index in [0.717, 1.165) is 35.0 Å². The highest BCUT2D eigenvalue weighted by molar-refractivity contribution is 5.88. The lowest BCUT2D eigenvalue weighted by Crippen LogP contribution is -2.17. The van der Waals surface area contributed by atoms with Crippen LogP contribution in [0.4, 0.5) is 17.6 Å². The average molecular weight is 482 g/mol. The standard InChI is InChI=1S/C29H27F4NO/c1-2-3-4-5-21-9-17-27(34-19-21)24-13-16-26-23(18-24)12-11-22(28(26)30)10-6-20-7-14-25(15-8-20)35-29(31,32)33/h7-9,11-19H,2-6,10H2,1H3. The molecule has 2 nitrogen and oxygen atoms in total. The number of aromatic nitrogens is 1. The van der Waals surface area contributed by atoms with Gasteiger partial charge in [0.2, 0.25) is 0 Å². The number of alkyl halides is 3. The minimum atomic E-state index is -4.72. The molecular weight excluding hydrogens is 454 g/mol. The van der Waals surface area contributed by atoms with Gasteiger partial charge in [0, 0.05) is 17.1 Å². The Kier molecular flexibility index (Phi) is 7.69. The van der Waals surface area contributed by atoms with Crippen molar-refractivity contribution in [1.29, 1.82) is 0 Å². The van der Waals surface area contributed by atoms with E-state index in [-0.39, 0.29) is 11.6 Å². The largest absolute Gasteiger partial charge is 0.573 e. The number of nitrogens with zero attached hydrogens (tertiary/aromatic N) is 1. The predicted octanol–water partition coefficient (Wildman–Crippen LogP) is 8.46. The molecule has 182 valence electrons. The Morgan fingerprint density at radius 3 is 2.26 bits per heavy atom. The number of benzene rings is 3. The van der Waals surface area contributed by atoms with E-state index in [9.17, 15) is 13.2 Å². The van der Waals surface area contributed by atoms with Gasteiger partial charge < -0.3 is 4.74 Å². The van der Waals surface area contributed by atoms with E-state index in [1.807, 2.05) is 30.5 Å². The maximum absolute atomic E-state index is 15.2. The minimum Gasteiger partial charge on any atom is -0.406 e. The molecule has 35 heavy (non-hydrogen) atoms. The number of hydrogen-bond acceptors (Lipinski definition) is 2. The second-order valence-corrected chi connectivity index (χ2v) is 8.68. The summed E-state index contributed by atoms with van der Waals surface area (Å²) < 4.78 is 56.0. The van der Waals surface area contributed by atoms with Crippen LogP contribution in [0.25, 0.3) is 22.0 Å². The first-order valence-corrected chi connectivity index (χ1v) is 11.8. The summed E-state index contributed by atoms with van der Waals surface area (Å²) in [5, 5.41) is 1.34. The van der Waals surface area contributed by atoms with Crippen molar-refractivity contribution in [2.45, 2.75) is 51.8 Å². The summed E-state index contributed by atoms with van der Waals surface area (Å²) in [4.78, 5) is 4.60. The van der Waals surface area contributed by atoms with Crippen molar-refractivity contribution >= 4 is 10.8 Å². The number of unbranched alkanes of at least 4 members (excludes halogenated alkanes) is 2. The SMILES string of the molecule is CCCCCc1ccc(-c2ccc3c(F)c(CCc4ccc(OC(F)(F)F)cc4)ccc3c2)nc1. The van der Waals surface area contributed by atoms with Crippen LogP contribution in [-0.2, 0) is 19.3 Å². The van der Waals surface area contributed by atoms with E-state index in [2.05, 4.69) is 22.7 Å². The van der Waals surface area contributed by atoms with Gasteiger partial charge in [-0.1, -0.05) is 62.2 Å². The van der Waals surface area contributed by atoms with Gasteiger partial charge in [0.15, 0.2) is 0 Å². The normalized spacial score (nSPS) is 11.7. The Hall–Kier alpha value is -3.41. The second-order valence-electron chi connectivity index (χ2n) is 8.68. The van der Waals surface area contributed by atoms with Gasteiger partial charge in [-0.15, -0.1) is 13.2 Å². The van der Waals surface area contributed by atoms with Crippen LogP contribution in [0, 0.1) is 5.82 Å². The molecule has 0 N–H and O–H groups in total. The lowest BCUT2D eigenvalue weighted by Gasteiger charge is -2.10. The number of ether oxygens (including phenoxy) is 1. The Morgan fingerprint density at radius 1 is 0.800 bits per heavy atom. The van der Waals surface area contributed by atoms with Gasteiger partial charge in [0.1, 0.15) is 11.6 Å². The highest BCUT2D eigenvalue weighted by atomic mass is 19.4. The fourth-order valence-electron chi connectivity index (χ4n) is 4.15. The number of aryl methyl sites for hydroxylation is 3. The Labute approximate surface area is 202 Å². The van der Waals surface area contributed by atoms with Gasteiger partial charge >= 0.3 is 6.36 Å². The molecule has 0 aliphatic carbocycles. The fraction of sp³-hybridized carbons (Fsp3) is 0.276. The zero-order valence-electron chi connectivity index (χ0n) is 19.5. The van der Waals surface area contributed by atoms with Crippen LogP contribution in [0.2, 0.25) is 0 Å². The number of fused-ring (bicyclic) bond motifs is 1. The summed E-state index contributed by atoms with van der Waals surface area (Å²) in [6, 6.07) is 19.1. The molecule has 0 amide bonds. The molecule has 0 fully saturated rings. The molecule has 4 rings (SSSR count).